The molecule has 0 aliphatic carbocycles. The van der Waals surface area contributed by atoms with E-state index >= 15 is 0 Å². The van der Waals surface area contributed by atoms with Crippen LogP contribution >= 0.6 is 7.14 Å². The molecule has 6 nitrogen and oxygen atoms in total. The lowest BCUT2D eigenvalue weighted by atomic mass is 10.2. The molecule has 2 aromatic carbocycles. The van der Waals surface area contributed by atoms with Crippen molar-refractivity contribution in [3.8, 4) is 0 Å². The number of benzene rings is 2. The van der Waals surface area contributed by atoms with E-state index in [9.17, 15) is 17.7 Å². The molecule has 4 rings (SSSR count). The van der Waals surface area contributed by atoms with Crippen molar-refractivity contribution in [3.05, 3.63) is 66.6 Å². The maximum atomic E-state index is 13.6. The largest absolute Gasteiger partial charge is 0.462 e. The molecule has 160 valence electrons. The zero-order chi connectivity index (χ0) is 22.2. The van der Waals surface area contributed by atoms with Crippen LogP contribution in [0.5, 0.6) is 0 Å². The lowest BCUT2D eigenvalue weighted by molar-refractivity contribution is -0.137. The van der Waals surface area contributed by atoms with Gasteiger partial charge in [-0.3, -0.25) is 0 Å². The maximum Gasteiger partial charge on any atom is 0.421 e. The minimum atomic E-state index is -4.68. The summed E-state index contributed by atoms with van der Waals surface area (Å²) < 4.78 is 58.8. The molecule has 4 aromatic rings. The van der Waals surface area contributed by atoms with E-state index in [0.717, 1.165) is 5.39 Å². The van der Waals surface area contributed by atoms with Gasteiger partial charge < -0.3 is 19.6 Å². The summed E-state index contributed by atoms with van der Waals surface area (Å²) in [4.78, 5) is 7.89. The predicted molar refractivity (Wildman–Crippen MR) is 115 cm³/mol. The molecule has 0 spiro atoms. The first-order valence-corrected chi connectivity index (χ1v) is 11.8. The summed E-state index contributed by atoms with van der Waals surface area (Å²) in [7, 11) is -2.75. The van der Waals surface area contributed by atoms with Gasteiger partial charge in [0.2, 0.25) is 5.95 Å². The number of aromatic nitrogens is 2. The first kappa shape index (κ1) is 20.9. The number of hydrogen-bond donors (Lipinski definition) is 2. The molecule has 31 heavy (non-hydrogen) atoms. The molecule has 0 amide bonds. The highest BCUT2D eigenvalue weighted by Gasteiger charge is 2.35. The number of halogens is 3. The van der Waals surface area contributed by atoms with Gasteiger partial charge in [-0.05, 0) is 37.6 Å². The smallest absolute Gasteiger partial charge is 0.421 e. The Kier molecular flexibility index (Phi) is 5.23. The number of rotatable bonds is 5. The van der Waals surface area contributed by atoms with Crippen LogP contribution in [0.3, 0.4) is 0 Å². The van der Waals surface area contributed by atoms with Crippen molar-refractivity contribution in [2.45, 2.75) is 6.18 Å². The minimum absolute atomic E-state index is 0.0481. The second-order valence-electron chi connectivity index (χ2n) is 7.22. The van der Waals surface area contributed by atoms with Crippen molar-refractivity contribution < 1.29 is 22.2 Å². The number of fused-ring (bicyclic) bond motifs is 1. The summed E-state index contributed by atoms with van der Waals surface area (Å²) in [6.07, 6.45) is -2.46. The van der Waals surface area contributed by atoms with Crippen molar-refractivity contribution in [2.24, 2.45) is 0 Å². The standard InChI is InChI=1S/C21H18F3N4O2P/c1-31(2,29)17-9-4-3-7-15(17)26-19-14(21(22,23)24)12-25-20(28-19)27-16-8-5-6-13-10-11-30-18(13)16/h3-12H,1-2H3,(H2,25,26,27,28). The third-order valence-corrected chi connectivity index (χ3v) is 6.11. The fourth-order valence-corrected chi connectivity index (χ4v) is 4.29. The van der Waals surface area contributed by atoms with Crippen molar-refractivity contribution in [1.29, 1.82) is 0 Å². The van der Waals surface area contributed by atoms with Crippen LogP contribution in [0, 0.1) is 0 Å². The van der Waals surface area contributed by atoms with E-state index in [1.807, 2.05) is 6.07 Å². The molecule has 2 heterocycles. The van der Waals surface area contributed by atoms with Crippen molar-refractivity contribution in [2.75, 3.05) is 24.0 Å². The van der Waals surface area contributed by atoms with Gasteiger partial charge in [0.25, 0.3) is 0 Å². The Bertz CT molecular complexity index is 1300. The number of nitrogens with zero attached hydrogens (tertiary/aromatic N) is 2. The van der Waals surface area contributed by atoms with Gasteiger partial charge in [-0.2, -0.15) is 18.2 Å². The van der Waals surface area contributed by atoms with Crippen LogP contribution in [0.25, 0.3) is 11.0 Å². The van der Waals surface area contributed by atoms with Crippen molar-refractivity contribution in [3.63, 3.8) is 0 Å². The fourth-order valence-electron chi connectivity index (χ4n) is 3.13. The average molecular weight is 446 g/mol. The van der Waals surface area contributed by atoms with Gasteiger partial charge in [-0.1, -0.05) is 24.3 Å². The van der Waals surface area contributed by atoms with Crippen LogP contribution in [0.4, 0.5) is 36.3 Å². The molecule has 0 bridgehead atoms. The molecule has 0 unspecified atom stereocenters. The monoisotopic (exact) mass is 446 g/mol. The summed E-state index contributed by atoms with van der Waals surface area (Å²) in [5.41, 5.74) is 0.300. The van der Waals surface area contributed by atoms with E-state index in [4.69, 9.17) is 4.42 Å². The summed E-state index contributed by atoms with van der Waals surface area (Å²) in [5, 5.41) is 6.86. The summed E-state index contributed by atoms with van der Waals surface area (Å²) in [6.45, 7) is 3.10. The molecule has 0 fully saturated rings. The van der Waals surface area contributed by atoms with Crippen LogP contribution in [-0.4, -0.2) is 23.3 Å². The van der Waals surface area contributed by atoms with Gasteiger partial charge in [0.05, 0.1) is 17.6 Å². The van der Waals surface area contributed by atoms with Gasteiger partial charge >= 0.3 is 6.18 Å². The van der Waals surface area contributed by atoms with E-state index in [1.54, 1.807) is 55.8 Å². The number of nitrogens with one attached hydrogen (secondary N) is 2. The van der Waals surface area contributed by atoms with Crippen molar-refractivity contribution in [1.82, 2.24) is 9.97 Å². The lowest BCUT2D eigenvalue weighted by Gasteiger charge is -2.18. The van der Waals surface area contributed by atoms with Crippen LogP contribution in [0.15, 0.2) is 65.4 Å². The topological polar surface area (TPSA) is 80.0 Å². The fraction of sp³-hybridized carbons (Fsp3) is 0.143. The molecular formula is C21H18F3N4O2P. The Balaban J connectivity index is 1.76. The summed E-state index contributed by atoms with van der Waals surface area (Å²) in [5.74, 6) is -0.495. The van der Waals surface area contributed by atoms with E-state index in [1.165, 1.54) is 6.26 Å². The first-order valence-electron chi connectivity index (χ1n) is 9.22. The van der Waals surface area contributed by atoms with E-state index in [0.29, 0.717) is 28.5 Å². The number of hydrogen-bond acceptors (Lipinski definition) is 6. The lowest BCUT2D eigenvalue weighted by Crippen LogP contribution is -2.15. The molecule has 0 radical (unpaired) electrons. The molecule has 2 N–H and O–H groups in total. The molecule has 2 aromatic heterocycles. The zero-order valence-electron chi connectivity index (χ0n) is 16.6. The second kappa shape index (κ2) is 7.74. The number of alkyl halides is 3. The normalized spacial score (nSPS) is 12.2. The Hall–Kier alpha value is -3.32. The molecule has 0 aliphatic heterocycles. The highest BCUT2D eigenvalue weighted by atomic mass is 31.2. The zero-order valence-corrected chi connectivity index (χ0v) is 17.5. The Morgan fingerprint density at radius 3 is 2.45 bits per heavy atom. The first-order chi connectivity index (χ1) is 14.6. The quantitative estimate of drug-likeness (QED) is 0.368. The third kappa shape index (κ3) is 4.41. The third-order valence-electron chi connectivity index (χ3n) is 4.56. The van der Waals surface area contributed by atoms with Crippen LogP contribution in [0.1, 0.15) is 5.56 Å². The highest BCUT2D eigenvalue weighted by Crippen LogP contribution is 2.40. The van der Waals surface area contributed by atoms with Crippen LogP contribution < -0.4 is 15.9 Å². The van der Waals surface area contributed by atoms with E-state index in [-0.39, 0.29) is 5.95 Å². The van der Waals surface area contributed by atoms with Crippen LogP contribution in [0.2, 0.25) is 0 Å². The highest BCUT2D eigenvalue weighted by molar-refractivity contribution is 7.70. The van der Waals surface area contributed by atoms with Gasteiger partial charge in [-0.25, -0.2) is 4.98 Å². The van der Waals surface area contributed by atoms with Gasteiger partial charge in [0, 0.05) is 16.9 Å². The summed E-state index contributed by atoms with van der Waals surface area (Å²) >= 11 is 0. The Morgan fingerprint density at radius 2 is 1.71 bits per heavy atom. The molecule has 0 aliphatic rings. The molecule has 0 saturated heterocycles. The van der Waals surface area contributed by atoms with Gasteiger partial charge in [0.1, 0.15) is 18.5 Å². The number of furan rings is 1. The average Bonchev–Trinajstić information content (AvgIpc) is 3.17. The van der Waals surface area contributed by atoms with E-state index < -0.39 is 24.7 Å². The Labute approximate surface area is 175 Å². The van der Waals surface area contributed by atoms with Crippen LogP contribution in [-0.2, 0) is 10.7 Å². The molecule has 10 heteroatoms. The Morgan fingerprint density at radius 1 is 0.968 bits per heavy atom. The minimum Gasteiger partial charge on any atom is -0.462 e. The van der Waals surface area contributed by atoms with Crippen molar-refractivity contribution >= 4 is 46.6 Å². The molecule has 0 saturated carbocycles. The second-order valence-corrected chi connectivity index (χ2v) is 10.4. The summed E-state index contributed by atoms with van der Waals surface area (Å²) in [6, 6.07) is 13.6. The van der Waals surface area contributed by atoms with Gasteiger partial charge in [-0.15, -0.1) is 0 Å². The van der Waals surface area contributed by atoms with E-state index in [2.05, 4.69) is 20.6 Å². The SMILES string of the molecule is CP(C)(=O)c1ccccc1Nc1nc(Nc2cccc3ccoc23)ncc1C(F)(F)F. The molecular weight excluding hydrogens is 428 g/mol. The van der Waals surface area contributed by atoms with Gasteiger partial charge in [0.15, 0.2) is 5.58 Å². The maximum absolute atomic E-state index is 13.6. The number of anilines is 4. The molecule has 0 atom stereocenters. The predicted octanol–water partition coefficient (Wildman–Crippen LogP) is 5.98. The number of para-hydroxylation sites is 2.